The number of nitriles is 1. The van der Waals surface area contributed by atoms with Gasteiger partial charge in [-0.05, 0) is 24.3 Å². The minimum atomic E-state index is -4.48. The van der Waals surface area contributed by atoms with E-state index >= 15 is 0 Å². The highest BCUT2D eigenvalue weighted by Gasteiger charge is 2.32. The van der Waals surface area contributed by atoms with Crippen LogP contribution in [-0.4, -0.2) is 4.98 Å². The molecule has 96 valence electrons. The van der Waals surface area contributed by atoms with Gasteiger partial charge in [-0.15, -0.1) is 0 Å². The summed E-state index contributed by atoms with van der Waals surface area (Å²) in [4.78, 5) is 3.35. The smallest absolute Gasteiger partial charge is 0.251 e. The van der Waals surface area contributed by atoms with Crippen molar-refractivity contribution in [1.29, 1.82) is 5.26 Å². The fraction of sp³-hybridized carbons (Fsp3) is 0.0769. The molecule has 0 aliphatic heterocycles. The van der Waals surface area contributed by atoms with Crippen LogP contribution in [0.3, 0.4) is 0 Å². The van der Waals surface area contributed by atoms with E-state index in [1.165, 1.54) is 18.2 Å². The Bertz CT molecular complexity index is 642. The quantitative estimate of drug-likeness (QED) is 0.782. The van der Waals surface area contributed by atoms with Gasteiger partial charge in [-0.2, -0.15) is 18.4 Å². The lowest BCUT2D eigenvalue weighted by Gasteiger charge is -2.08. The molecule has 0 bridgehead atoms. The number of pyridine rings is 1. The predicted molar refractivity (Wildman–Crippen MR) is 64.4 cm³/mol. The van der Waals surface area contributed by atoms with Crippen LogP contribution in [0.15, 0.2) is 36.5 Å². The van der Waals surface area contributed by atoms with Gasteiger partial charge in [-0.3, -0.25) is 4.98 Å². The molecule has 0 N–H and O–H groups in total. The molecule has 0 spiro atoms. The maximum absolute atomic E-state index is 12.4. The Morgan fingerprint density at radius 1 is 1.16 bits per heavy atom. The molecule has 0 aliphatic rings. The Morgan fingerprint density at radius 3 is 2.42 bits per heavy atom. The van der Waals surface area contributed by atoms with Crippen LogP contribution in [0, 0.1) is 11.3 Å². The van der Waals surface area contributed by atoms with Crippen LogP contribution < -0.4 is 0 Å². The third kappa shape index (κ3) is 2.85. The molecule has 0 unspecified atom stereocenters. The topological polar surface area (TPSA) is 36.7 Å². The molecule has 0 aliphatic carbocycles. The molecule has 0 saturated heterocycles. The molecular formula is C13H6ClF3N2. The van der Waals surface area contributed by atoms with Crippen molar-refractivity contribution in [2.24, 2.45) is 0 Å². The molecule has 2 rings (SSSR count). The summed E-state index contributed by atoms with van der Waals surface area (Å²) >= 11 is 5.82. The number of hydrogen-bond donors (Lipinski definition) is 0. The van der Waals surface area contributed by atoms with Crippen LogP contribution >= 0.6 is 11.6 Å². The van der Waals surface area contributed by atoms with Crippen molar-refractivity contribution in [1.82, 2.24) is 4.98 Å². The van der Waals surface area contributed by atoms with Crippen molar-refractivity contribution in [3.05, 3.63) is 52.8 Å². The second kappa shape index (κ2) is 4.90. The van der Waals surface area contributed by atoms with Gasteiger partial charge < -0.3 is 0 Å². The van der Waals surface area contributed by atoms with Crippen LogP contribution in [0.2, 0.25) is 5.02 Å². The van der Waals surface area contributed by atoms with E-state index in [4.69, 9.17) is 16.9 Å². The van der Waals surface area contributed by atoms with Gasteiger partial charge in [-0.25, -0.2) is 0 Å². The van der Waals surface area contributed by atoms with Crippen LogP contribution in [0.4, 0.5) is 13.2 Å². The zero-order chi connectivity index (χ0) is 14.0. The van der Waals surface area contributed by atoms with Crippen molar-refractivity contribution in [3.8, 4) is 17.2 Å². The van der Waals surface area contributed by atoms with Gasteiger partial charge in [0.25, 0.3) is 0 Å². The molecular weight excluding hydrogens is 277 g/mol. The van der Waals surface area contributed by atoms with Gasteiger partial charge in [-0.1, -0.05) is 17.7 Å². The van der Waals surface area contributed by atoms with Crippen molar-refractivity contribution in [3.63, 3.8) is 0 Å². The third-order valence-corrected chi connectivity index (χ3v) is 2.70. The number of hydrogen-bond acceptors (Lipinski definition) is 2. The largest absolute Gasteiger partial charge is 0.433 e. The third-order valence-electron chi connectivity index (χ3n) is 2.47. The maximum Gasteiger partial charge on any atom is 0.433 e. The van der Waals surface area contributed by atoms with E-state index in [1.807, 2.05) is 6.07 Å². The number of aromatic nitrogens is 1. The fourth-order valence-corrected chi connectivity index (χ4v) is 1.75. The summed E-state index contributed by atoms with van der Waals surface area (Å²) in [5.41, 5.74) is 0.214. The van der Waals surface area contributed by atoms with E-state index in [0.29, 0.717) is 21.7 Å². The molecule has 0 amide bonds. The molecule has 6 heteroatoms. The summed E-state index contributed by atoms with van der Waals surface area (Å²) in [6.45, 7) is 0. The van der Waals surface area contributed by atoms with Gasteiger partial charge in [0.15, 0.2) is 0 Å². The zero-order valence-electron chi connectivity index (χ0n) is 9.37. The van der Waals surface area contributed by atoms with Gasteiger partial charge >= 0.3 is 6.18 Å². The zero-order valence-corrected chi connectivity index (χ0v) is 10.1. The SMILES string of the molecule is N#Cc1ccc(Cl)cc1-c1ccc(C(F)(F)F)nc1. The molecule has 0 saturated carbocycles. The normalized spacial score (nSPS) is 11.1. The summed E-state index contributed by atoms with van der Waals surface area (Å²) < 4.78 is 37.2. The first kappa shape index (κ1) is 13.4. The monoisotopic (exact) mass is 282 g/mol. The molecule has 1 aromatic heterocycles. The predicted octanol–water partition coefficient (Wildman–Crippen LogP) is 4.29. The highest BCUT2D eigenvalue weighted by molar-refractivity contribution is 6.30. The van der Waals surface area contributed by atoms with Crippen molar-refractivity contribution in [2.75, 3.05) is 0 Å². The van der Waals surface area contributed by atoms with Crippen LogP contribution in [-0.2, 0) is 6.18 Å². The Morgan fingerprint density at radius 2 is 1.89 bits per heavy atom. The van der Waals surface area contributed by atoms with E-state index in [9.17, 15) is 13.2 Å². The summed E-state index contributed by atoms with van der Waals surface area (Å²) in [5.74, 6) is 0. The maximum atomic E-state index is 12.4. The van der Waals surface area contributed by atoms with E-state index in [1.54, 1.807) is 6.07 Å². The highest BCUT2D eigenvalue weighted by atomic mass is 35.5. The summed E-state index contributed by atoms with van der Waals surface area (Å²) in [6, 6.07) is 8.67. The van der Waals surface area contributed by atoms with Crippen LogP contribution in [0.25, 0.3) is 11.1 Å². The second-order valence-electron chi connectivity index (χ2n) is 3.73. The fourth-order valence-electron chi connectivity index (χ4n) is 1.57. The molecule has 1 heterocycles. The van der Waals surface area contributed by atoms with Crippen molar-refractivity contribution < 1.29 is 13.2 Å². The number of alkyl halides is 3. The lowest BCUT2D eigenvalue weighted by molar-refractivity contribution is -0.141. The molecule has 0 radical (unpaired) electrons. The summed E-state index contributed by atoms with van der Waals surface area (Å²) in [7, 11) is 0. The second-order valence-corrected chi connectivity index (χ2v) is 4.17. The minimum absolute atomic E-state index is 0.325. The van der Waals surface area contributed by atoms with E-state index < -0.39 is 11.9 Å². The van der Waals surface area contributed by atoms with Crippen LogP contribution in [0.1, 0.15) is 11.3 Å². The minimum Gasteiger partial charge on any atom is -0.251 e. The number of rotatable bonds is 1. The summed E-state index contributed by atoms with van der Waals surface area (Å²) in [5, 5.41) is 9.36. The lowest BCUT2D eigenvalue weighted by atomic mass is 10.0. The van der Waals surface area contributed by atoms with Crippen LogP contribution in [0.5, 0.6) is 0 Å². The Hall–Kier alpha value is -2.06. The van der Waals surface area contributed by atoms with Gasteiger partial charge in [0.1, 0.15) is 5.69 Å². The standard InChI is InChI=1S/C13H6ClF3N2/c14-10-3-1-8(6-18)11(5-10)9-2-4-12(19-7-9)13(15,16)17/h1-5,7H. The van der Waals surface area contributed by atoms with Gasteiger partial charge in [0.2, 0.25) is 0 Å². The van der Waals surface area contributed by atoms with Gasteiger partial charge in [0, 0.05) is 22.3 Å². The molecule has 1 aromatic carbocycles. The number of benzene rings is 1. The van der Waals surface area contributed by atoms with E-state index in [-0.39, 0.29) is 0 Å². The lowest BCUT2D eigenvalue weighted by Crippen LogP contribution is -2.07. The van der Waals surface area contributed by atoms with Crippen molar-refractivity contribution in [2.45, 2.75) is 6.18 Å². The first-order valence-electron chi connectivity index (χ1n) is 5.15. The molecule has 19 heavy (non-hydrogen) atoms. The number of nitrogens with zero attached hydrogens (tertiary/aromatic N) is 2. The highest BCUT2D eigenvalue weighted by Crippen LogP contribution is 2.30. The van der Waals surface area contributed by atoms with E-state index in [0.717, 1.165) is 12.3 Å². The Labute approximate surface area is 112 Å². The van der Waals surface area contributed by atoms with E-state index in [2.05, 4.69) is 4.98 Å². The molecule has 2 aromatic rings. The Balaban J connectivity index is 2.49. The van der Waals surface area contributed by atoms with Gasteiger partial charge in [0.05, 0.1) is 11.6 Å². The molecule has 0 fully saturated rings. The first-order chi connectivity index (χ1) is 8.91. The average molecular weight is 283 g/mol. The molecule has 0 atom stereocenters. The molecule has 2 nitrogen and oxygen atoms in total. The van der Waals surface area contributed by atoms with Crippen molar-refractivity contribution >= 4 is 11.6 Å². The first-order valence-corrected chi connectivity index (χ1v) is 5.53. The summed E-state index contributed by atoms with van der Waals surface area (Å²) in [6.07, 6.45) is -3.40. The number of halogens is 4. The average Bonchev–Trinajstić information content (AvgIpc) is 2.38. The Kier molecular flexibility index (Phi) is 3.45.